The maximum atomic E-state index is 12.8. The minimum Gasteiger partial charge on any atom is -0.480 e. The van der Waals surface area contributed by atoms with Crippen molar-refractivity contribution in [3.63, 3.8) is 0 Å². The maximum absolute atomic E-state index is 12.8. The molecule has 0 spiro atoms. The zero-order chi connectivity index (χ0) is 19.6. The zero-order valence-corrected chi connectivity index (χ0v) is 13.1. The summed E-state index contributed by atoms with van der Waals surface area (Å²) in [5.41, 5.74) is -4.22. The van der Waals surface area contributed by atoms with Gasteiger partial charge in [0.2, 0.25) is 0 Å². The summed E-state index contributed by atoms with van der Waals surface area (Å²) >= 11 is 0. The Bertz CT molecular complexity index is 619. The fourth-order valence-electron chi connectivity index (χ4n) is 2.02. The number of benzene rings is 1. The molecule has 0 aliphatic rings. The molecule has 4 nitrogen and oxygen atoms in total. The molecule has 0 aliphatic carbocycles. The molecule has 1 unspecified atom stereocenters. The fraction of sp³-hybridized carbons (Fsp3) is 0.467. The van der Waals surface area contributed by atoms with Crippen molar-refractivity contribution >= 4 is 11.9 Å². The topological polar surface area (TPSA) is 66.4 Å². The first kappa shape index (κ1) is 20.8. The first-order valence-corrected chi connectivity index (χ1v) is 7.05. The van der Waals surface area contributed by atoms with Crippen LogP contribution in [0.25, 0.3) is 0 Å². The van der Waals surface area contributed by atoms with Crippen LogP contribution in [0.1, 0.15) is 41.8 Å². The average molecular weight is 371 g/mol. The first-order valence-electron chi connectivity index (χ1n) is 7.05. The minimum atomic E-state index is -5.10. The van der Waals surface area contributed by atoms with E-state index in [4.69, 9.17) is 5.11 Å². The van der Waals surface area contributed by atoms with Gasteiger partial charge in [0.1, 0.15) is 6.04 Å². The Labute approximate surface area is 138 Å². The van der Waals surface area contributed by atoms with Crippen LogP contribution in [0.5, 0.6) is 0 Å². The van der Waals surface area contributed by atoms with Crippen molar-refractivity contribution in [1.82, 2.24) is 5.32 Å². The quantitative estimate of drug-likeness (QED) is 0.771. The Balaban J connectivity index is 3.26. The molecule has 0 bridgehead atoms. The van der Waals surface area contributed by atoms with Gasteiger partial charge in [0.15, 0.2) is 0 Å². The third-order valence-corrected chi connectivity index (χ3v) is 3.16. The highest BCUT2D eigenvalue weighted by Crippen LogP contribution is 2.36. The smallest absolute Gasteiger partial charge is 0.416 e. The van der Waals surface area contributed by atoms with Crippen molar-refractivity contribution in [3.05, 3.63) is 34.9 Å². The lowest BCUT2D eigenvalue weighted by atomic mass is 10.0. The molecule has 0 aromatic heterocycles. The van der Waals surface area contributed by atoms with Crippen LogP contribution < -0.4 is 5.32 Å². The standard InChI is InChI=1S/C15H15F6NO3/c1-7(2)3-11(13(24)25)22-12(23)8-4-9(14(16,17)18)6-10(5-8)15(19,20)21/h4-7,11H,3H2,1-2H3,(H,22,23)(H,24,25). The largest absolute Gasteiger partial charge is 0.480 e. The molecule has 1 aromatic rings. The second-order valence-corrected chi connectivity index (χ2v) is 5.79. The van der Waals surface area contributed by atoms with Crippen molar-refractivity contribution in [2.24, 2.45) is 5.92 Å². The predicted octanol–water partition coefficient (Wildman–Crippen LogP) is 3.95. The van der Waals surface area contributed by atoms with Crippen LogP contribution in [-0.2, 0) is 17.1 Å². The number of rotatable bonds is 5. The number of hydrogen-bond acceptors (Lipinski definition) is 2. The van der Waals surface area contributed by atoms with Gasteiger partial charge in [-0.25, -0.2) is 4.79 Å². The summed E-state index contributed by atoms with van der Waals surface area (Å²) < 4.78 is 76.6. The van der Waals surface area contributed by atoms with Crippen molar-refractivity contribution in [3.8, 4) is 0 Å². The van der Waals surface area contributed by atoms with Crippen LogP contribution in [0.4, 0.5) is 26.3 Å². The van der Waals surface area contributed by atoms with Gasteiger partial charge in [0.25, 0.3) is 5.91 Å². The number of carboxylic acids is 1. The molecular weight excluding hydrogens is 356 g/mol. The number of carbonyl (C=O) groups excluding carboxylic acids is 1. The molecule has 0 fully saturated rings. The normalized spacial score (nSPS) is 13.6. The monoisotopic (exact) mass is 371 g/mol. The van der Waals surface area contributed by atoms with Gasteiger partial charge in [-0.3, -0.25) is 4.79 Å². The Morgan fingerprint density at radius 2 is 1.44 bits per heavy atom. The molecule has 1 amide bonds. The van der Waals surface area contributed by atoms with E-state index in [-0.39, 0.29) is 30.5 Å². The summed E-state index contributed by atoms with van der Waals surface area (Å²) in [6.07, 6.45) is -10.2. The van der Waals surface area contributed by atoms with Gasteiger partial charge in [-0.2, -0.15) is 26.3 Å². The number of alkyl halides is 6. The second-order valence-electron chi connectivity index (χ2n) is 5.79. The lowest BCUT2D eigenvalue weighted by Crippen LogP contribution is -2.41. The molecule has 1 aromatic carbocycles. The number of carboxylic acid groups (broad SMARTS) is 1. The lowest BCUT2D eigenvalue weighted by molar-refractivity contribution is -0.143. The van der Waals surface area contributed by atoms with Gasteiger partial charge in [0.05, 0.1) is 11.1 Å². The summed E-state index contributed by atoms with van der Waals surface area (Å²) in [4.78, 5) is 23.1. The van der Waals surface area contributed by atoms with Gasteiger partial charge in [-0.1, -0.05) is 13.8 Å². The van der Waals surface area contributed by atoms with Crippen LogP contribution in [-0.4, -0.2) is 23.0 Å². The van der Waals surface area contributed by atoms with E-state index in [2.05, 4.69) is 0 Å². The summed E-state index contributed by atoms with van der Waals surface area (Å²) in [7, 11) is 0. The molecule has 0 heterocycles. The van der Waals surface area contributed by atoms with Crippen molar-refractivity contribution < 1.29 is 41.0 Å². The number of aliphatic carboxylic acids is 1. The van der Waals surface area contributed by atoms with E-state index in [0.29, 0.717) is 0 Å². The summed E-state index contributed by atoms with van der Waals surface area (Å²) in [6.45, 7) is 3.29. The number of carbonyl (C=O) groups is 2. The molecule has 0 saturated heterocycles. The van der Waals surface area contributed by atoms with Gasteiger partial charge in [-0.15, -0.1) is 0 Å². The molecule has 1 atom stereocenters. The Morgan fingerprint density at radius 3 is 1.76 bits per heavy atom. The summed E-state index contributed by atoms with van der Waals surface area (Å²) in [5.74, 6) is -2.94. The highest BCUT2D eigenvalue weighted by molar-refractivity contribution is 5.97. The number of halogens is 6. The van der Waals surface area contributed by atoms with Crippen LogP contribution in [0.2, 0.25) is 0 Å². The van der Waals surface area contributed by atoms with Crippen molar-refractivity contribution in [2.75, 3.05) is 0 Å². The van der Waals surface area contributed by atoms with E-state index in [0.717, 1.165) is 0 Å². The summed E-state index contributed by atoms with van der Waals surface area (Å²) in [5, 5.41) is 11.0. The maximum Gasteiger partial charge on any atom is 0.416 e. The Morgan fingerprint density at radius 1 is 1.00 bits per heavy atom. The molecular formula is C15H15F6NO3. The van der Waals surface area contributed by atoms with E-state index in [1.54, 1.807) is 13.8 Å². The van der Waals surface area contributed by atoms with Crippen molar-refractivity contribution in [2.45, 2.75) is 38.7 Å². The Hall–Kier alpha value is -2.26. The van der Waals surface area contributed by atoms with E-state index in [9.17, 15) is 35.9 Å². The van der Waals surface area contributed by atoms with Gasteiger partial charge in [0, 0.05) is 5.56 Å². The van der Waals surface area contributed by atoms with Crippen LogP contribution in [0, 0.1) is 5.92 Å². The molecule has 10 heteroatoms. The highest BCUT2D eigenvalue weighted by Gasteiger charge is 2.37. The number of hydrogen-bond donors (Lipinski definition) is 2. The van der Waals surface area contributed by atoms with Crippen LogP contribution in [0.3, 0.4) is 0 Å². The molecule has 1 rings (SSSR count). The van der Waals surface area contributed by atoms with Crippen molar-refractivity contribution in [1.29, 1.82) is 0 Å². The first-order chi connectivity index (χ1) is 11.2. The van der Waals surface area contributed by atoms with Gasteiger partial charge >= 0.3 is 18.3 Å². The second kappa shape index (κ2) is 7.32. The fourth-order valence-corrected chi connectivity index (χ4v) is 2.02. The average Bonchev–Trinajstić information content (AvgIpc) is 2.43. The van der Waals surface area contributed by atoms with Crippen LogP contribution in [0.15, 0.2) is 18.2 Å². The SMILES string of the molecule is CC(C)CC(NC(=O)c1cc(C(F)(F)F)cc(C(F)(F)F)c1)C(=O)O. The highest BCUT2D eigenvalue weighted by atomic mass is 19.4. The number of nitrogens with one attached hydrogen (secondary N) is 1. The van der Waals surface area contributed by atoms with Crippen LogP contribution >= 0.6 is 0 Å². The molecule has 0 saturated carbocycles. The lowest BCUT2D eigenvalue weighted by Gasteiger charge is -2.18. The molecule has 0 radical (unpaired) electrons. The third-order valence-electron chi connectivity index (χ3n) is 3.16. The zero-order valence-electron chi connectivity index (χ0n) is 13.1. The third kappa shape index (κ3) is 5.95. The minimum absolute atomic E-state index is 0.0356. The van der Waals surface area contributed by atoms with E-state index < -0.39 is 47.0 Å². The molecule has 140 valence electrons. The van der Waals surface area contributed by atoms with Gasteiger partial charge < -0.3 is 10.4 Å². The van der Waals surface area contributed by atoms with Gasteiger partial charge in [-0.05, 0) is 30.5 Å². The van der Waals surface area contributed by atoms with E-state index >= 15 is 0 Å². The molecule has 2 N–H and O–H groups in total. The molecule has 25 heavy (non-hydrogen) atoms. The predicted molar refractivity (Wildman–Crippen MR) is 74.8 cm³/mol. The van der Waals surface area contributed by atoms with E-state index in [1.807, 2.05) is 5.32 Å². The van der Waals surface area contributed by atoms with E-state index in [1.165, 1.54) is 0 Å². The Kier molecular flexibility index (Phi) is 6.09. The molecule has 0 aliphatic heterocycles. The number of amides is 1. The summed E-state index contributed by atoms with van der Waals surface area (Å²) in [6, 6.07) is -1.05.